The fourth-order valence-electron chi connectivity index (χ4n) is 3.01. The maximum atomic E-state index is 12.4. The minimum absolute atomic E-state index is 0.0776. The molecule has 0 heterocycles. The standard InChI is InChI=1S/C15H25F6O3P/c1-13(2,3)12-6-4-11(5-7-12)8-25(22,23-9-14(16,17)18)24-10-15(19,20)21/h11-12H,4-10H2,1-3H3. The van der Waals surface area contributed by atoms with Gasteiger partial charge in [0.1, 0.15) is 0 Å². The topological polar surface area (TPSA) is 35.5 Å². The van der Waals surface area contributed by atoms with Crippen LogP contribution in [0.4, 0.5) is 26.3 Å². The molecule has 0 unspecified atom stereocenters. The second-order valence-corrected chi connectivity index (χ2v) is 9.76. The minimum Gasteiger partial charge on any atom is -0.299 e. The van der Waals surface area contributed by atoms with Crippen LogP contribution in [0.2, 0.25) is 0 Å². The molecule has 0 atom stereocenters. The molecule has 3 nitrogen and oxygen atoms in total. The summed E-state index contributed by atoms with van der Waals surface area (Å²) < 4.78 is 94.8. The zero-order valence-corrected chi connectivity index (χ0v) is 15.4. The third-order valence-electron chi connectivity index (χ3n) is 4.40. The third-order valence-corrected chi connectivity index (χ3v) is 6.41. The van der Waals surface area contributed by atoms with Gasteiger partial charge >= 0.3 is 19.9 Å². The highest BCUT2D eigenvalue weighted by molar-refractivity contribution is 7.53. The Balaban J connectivity index is 2.69. The summed E-state index contributed by atoms with van der Waals surface area (Å²) in [7, 11) is -4.48. The van der Waals surface area contributed by atoms with Crippen LogP contribution in [0, 0.1) is 17.3 Å². The molecular formula is C15H25F6O3P. The predicted molar refractivity (Wildman–Crippen MR) is 81.4 cm³/mol. The molecule has 0 aromatic rings. The van der Waals surface area contributed by atoms with E-state index in [0.717, 1.165) is 12.8 Å². The normalized spacial score (nSPS) is 23.7. The van der Waals surface area contributed by atoms with Crippen LogP contribution in [0.25, 0.3) is 0 Å². The van der Waals surface area contributed by atoms with Gasteiger partial charge < -0.3 is 0 Å². The fraction of sp³-hybridized carbons (Fsp3) is 1.00. The van der Waals surface area contributed by atoms with E-state index in [1.165, 1.54) is 0 Å². The minimum atomic E-state index is -4.79. The van der Waals surface area contributed by atoms with E-state index in [-0.39, 0.29) is 11.3 Å². The van der Waals surface area contributed by atoms with Crippen molar-refractivity contribution in [3.8, 4) is 0 Å². The second-order valence-electron chi connectivity index (χ2n) is 7.65. The summed E-state index contributed by atoms with van der Waals surface area (Å²) in [4.78, 5) is 0. The van der Waals surface area contributed by atoms with E-state index >= 15 is 0 Å². The van der Waals surface area contributed by atoms with Crippen LogP contribution >= 0.6 is 7.60 Å². The van der Waals surface area contributed by atoms with E-state index in [9.17, 15) is 30.9 Å². The molecule has 1 rings (SSSR count). The van der Waals surface area contributed by atoms with Crippen molar-refractivity contribution in [1.82, 2.24) is 0 Å². The van der Waals surface area contributed by atoms with E-state index in [1.807, 2.05) is 0 Å². The lowest BCUT2D eigenvalue weighted by atomic mass is 9.70. The zero-order valence-electron chi connectivity index (χ0n) is 14.5. The van der Waals surface area contributed by atoms with Crippen LogP contribution in [-0.2, 0) is 13.6 Å². The molecular weight excluding hydrogens is 373 g/mol. The number of hydrogen-bond acceptors (Lipinski definition) is 3. The summed E-state index contributed by atoms with van der Waals surface area (Å²) in [5, 5.41) is 0. The van der Waals surface area contributed by atoms with E-state index < -0.39 is 39.3 Å². The predicted octanol–water partition coefficient (Wildman–Crippen LogP) is 6.19. The first-order chi connectivity index (χ1) is 11.1. The summed E-state index contributed by atoms with van der Waals surface area (Å²) in [6, 6.07) is 0. The van der Waals surface area contributed by atoms with E-state index in [4.69, 9.17) is 0 Å². The smallest absolute Gasteiger partial charge is 0.299 e. The van der Waals surface area contributed by atoms with Gasteiger partial charge in [-0.15, -0.1) is 0 Å². The second kappa shape index (κ2) is 8.17. The molecule has 1 aliphatic carbocycles. The van der Waals surface area contributed by atoms with E-state index in [1.54, 1.807) is 0 Å². The molecule has 0 radical (unpaired) electrons. The lowest BCUT2D eigenvalue weighted by Gasteiger charge is -2.37. The van der Waals surface area contributed by atoms with Gasteiger partial charge in [-0.25, -0.2) is 0 Å². The van der Waals surface area contributed by atoms with Gasteiger partial charge in [0, 0.05) is 0 Å². The van der Waals surface area contributed by atoms with Gasteiger partial charge in [-0.3, -0.25) is 13.6 Å². The van der Waals surface area contributed by atoms with Gasteiger partial charge in [-0.05, 0) is 42.9 Å². The van der Waals surface area contributed by atoms with Crippen LogP contribution < -0.4 is 0 Å². The quantitative estimate of drug-likeness (QED) is 0.395. The van der Waals surface area contributed by atoms with Gasteiger partial charge in [0.2, 0.25) is 0 Å². The average molecular weight is 398 g/mol. The first kappa shape index (κ1) is 22.8. The van der Waals surface area contributed by atoms with Gasteiger partial charge in [-0.1, -0.05) is 20.8 Å². The number of rotatable bonds is 6. The summed E-state index contributed by atoms with van der Waals surface area (Å²) in [5.41, 5.74) is 0.0776. The molecule has 0 aromatic heterocycles. The van der Waals surface area contributed by atoms with Crippen molar-refractivity contribution in [3.63, 3.8) is 0 Å². The van der Waals surface area contributed by atoms with Crippen molar-refractivity contribution >= 4 is 7.60 Å². The largest absolute Gasteiger partial charge is 0.412 e. The maximum absolute atomic E-state index is 12.4. The number of hydrogen-bond donors (Lipinski definition) is 0. The van der Waals surface area contributed by atoms with Gasteiger partial charge in [0.05, 0.1) is 6.16 Å². The first-order valence-corrected chi connectivity index (χ1v) is 9.84. The number of halogens is 6. The van der Waals surface area contributed by atoms with Crippen molar-refractivity contribution in [1.29, 1.82) is 0 Å². The van der Waals surface area contributed by atoms with Crippen LogP contribution in [-0.4, -0.2) is 31.7 Å². The van der Waals surface area contributed by atoms with Crippen molar-refractivity contribution in [3.05, 3.63) is 0 Å². The fourth-order valence-corrected chi connectivity index (χ4v) is 4.98. The number of alkyl halides is 6. The monoisotopic (exact) mass is 398 g/mol. The Bertz CT molecular complexity index is 439. The van der Waals surface area contributed by atoms with Gasteiger partial charge in [0.15, 0.2) is 13.2 Å². The Morgan fingerprint density at radius 2 is 1.24 bits per heavy atom. The summed E-state index contributed by atoms with van der Waals surface area (Å²) in [6.45, 7) is 2.48. The molecule has 0 spiro atoms. The molecule has 1 saturated carbocycles. The maximum Gasteiger partial charge on any atom is 0.412 e. The van der Waals surface area contributed by atoms with Crippen LogP contribution in [0.1, 0.15) is 46.5 Å². The Kier molecular flexibility index (Phi) is 7.44. The molecule has 0 bridgehead atoms. The lowest BCUT2D eigenvalue weighted by molar-refractivity contribution is -0.165. The lowest BCUT2D eigenvalue weighted by Crippen LogP contribution is -2.28. The van der Waals surface area contributed by atoms with Gasteiger partial charge in [-0.2, -0.15) is 26.3 Å². The van der Waals surface area contributed by atoms with Crippen LogP contribution in [0.3, 0.4) is 0 Å². The Labute approximate surface area is 144 Å². The van der Waals surface area contributed by atoms with E-state index in [0.29, 0.717) is 18.8 Å². The molecule has 0 aliphatic heterocycles. The van der Waals surface area contributed by atoms with Gasteiger partial charge in [0.25, 0.3) is 0 Å². The zero-order chi connectivity index (χ0) is 19.5. The van der Waals surface area contributed by atoms with Crippen molar-refractivity contribution < 1.29 is 40.0 Å². The Morgan fingerprint density at radius 1 is 0.840 bits per heavy atom. The molecule has 1 fully saturated rings. The molecule has 0 aromatic carbocycles. The third kappa shape index (κ3) is 9.29. The Hall–Kier alpha value is -0.270. The molecule has 25 heavy (non-hydrogen) atoms. The Morgan fingerprint density at radius 3 is 1.56 bits per heavy atom. The van der Waals surface area contributed by atoms with Crippen molar-refractivity contribution in [2.75, 3.05) is 19.4 Å². The summed E-state index contributed by atoms with van der Waals surface area (Å²) in [5.74, 6) is 0.140. The molecule has 0 N–H and O–H groups in total. The van der Waals surface area contributed by atoms with Crippen LogP contribution in [0.5, 0.6) is 0 Å². The van der Waals surface area contributed by atoms with Crippen molar-refractivity contribution in [2.45, 2.75) is 58.8 Å². The highest BCUT2D eigenvalue weighted by Gasteiger charge is 2.41. The molecule has 0 saturated heterocycles. The highest BCUT2D eigenvalue weighted by atomic mass is 31.2. The SMILES string of the molecule is CC(C)(C)C1CCC(CP(=O)(OCC(F)(F)F)OCC(F)(F)F)CC1. The van der Waals surface area contributed by atoms with Crippen LogP contribution in [0.15, 0.2) is 0 Å². The molecule has 0 amide bonds. The molecule has 1 aliphatic rings. The molecule has 150 valence electrons. The highest BCUT2D eigenvalue weighted by Crippen LogP contribution is 2.54. The average Bonchev–Trinajstić information content (AvgIpc) is 2.42. The first-order valence-electron chi connectivity index (χ1n) is 8.11. The summed E-state index contributed by atoms with van der Waals surface area (Å²) in [6.07, 6.45) is -7.27. The van der Waals surface area contributed by atoms with E-state index in [2.05, 4.69) is 29.8 Å². The summed E-state index contributed by atoms with van der Waals surface area (Å²) >= 11 is 0. The van der Waals surface area contributed by atoms with Crippen molar-refractivity contribution in [2.24, 2.45) is 17.3 Å². The molecule has 10 heteroatoms.